The number of nitriles is 1. The molecule has 2 N–H and O–H groups in total. The number of hydrogen-bond donors (Lipinski definition) is 2. The molecule has 3 aromatic heterocycles. The van der Waals surface area contributed by atoms with Crippen LogP contribution in [0.3, 0.4) is 0 Å². The number of anilines is 3. The van der Waals surface area contributed by atoms with Crippen LogP contribution in [0.4, 0.5) is 17.1 Å². The molecule has 0 unspecified atom stereocenters. The van der Waals surface area contributed by atoms with Gasteiger partial charge in [0.15, 0.2) is 5.65 Å². The Morgan fingerprint density at radius 1 is 1.14 bits per heavy atom. The summed E-state index contributed by atoms with van der Waals surface area (Å²) in [6, 6.07) is 15.0. The van der Waals surface area contributed by atoms with Crippen LogP contribution in [-0.2, 0) is 4.79 Å². The summed E-state index contributed by atoms with van der Waals surface area (Å²) in [6.07, 6.45) is 4.79. The van der Waals surface area contributed by atoms with E-state index in [1.54, 1.807) is 22.8 Å². The fourth-order valence-corrected chi connectivity index (χ4v) is 3.97. The Kier molecular flexibility index (Phi) is 6.26. The van der Waals surface area contributed by atoms with Crippen molar-refractivity contribution in [3.05, 3.63) is 72.3 Å². The van der Waals surface area contributed by atoms with Crippen LogP contribution in [0, 0.1) is 18.3 Å². The van der Waals surface area contributed by atoms with Crippen LogP contribution in [0.5, 0.6) is 17.2 Å². The zero-order chi connectivity index (χ0) is 25.9. The lowest BCUT2D eigenvalue weighted by molar-refractivity contribution is -0.114. The molecule has 0 aliphatic carbocycles. The summed E-state index contributed by atoms with van der Waals surface area (Å²) in [5.74, 6) is 1.61. The van der Waals surface area contributed by atoms with Crippen LogP contribution in [-0.4, -0.2) is 32.1 Å². The summed E-state index contributed by atoms with van der Waals surface area (Å²) in [7, 11) is 0. The van der Waals surface area contributed by atoms with E-state index < -0.39 is 0 Å². The molecule has 0 aliphatic rings. The monoisotopic (exact) mass is 493 g/mol. The number of ether oxygens (including phenoxy) is 2. The molecule has 1 amide bonds. The Balaban J connectivity index is 1.49. The lowest BCUT2D eigenvalue weighted by Gasteiger charge is -2.16. The lowest BCUT2D eigenvalue weighted by atomic mass is 10.1. The van der Waals surface area contributed by atoms with Crippen LogP contribution >= 0.6 is 0 Å². The Bertz CT molecular complexity index is 1690. The van der Waals surface area contributed by atoms with Crippen molar-refractivity contribution in [3.63, 3.8) is 0 Å². The molecule has 5 rings (SSSR count). The normalized spacial score (nSPS) is 10.8. The molecule has 0 aliphatic heterocycles. The Morgan fingerprint density at radius 2 is 2.00 bits per heavy atom. The van der Waals surface area contributed by atoms with Crippen molar-refractivity contribution in [1.29, 1.82) is 5.26 Å². The van der Waals surface area contributed by atoms with Gasteiger partial charge >= 0.3 is 0 Å². The van der Waals surface area contributed by atoms with Gasteiger partial charge in [0.2, 0.25) is 5.91 Å². The van der Waals surface area contributed by atoms with Crippen molar-refractivity contribution in [2.75, 3.05) is 17.2 Å². The highest BCUT2D eigenvalue weighted by atomic mass is 16.5. The predicted molar refractivity (Wildman–Crippen MR) is 139 cm³/mol. The first-order valence-electron chi connectivity index (χ1n) is 11.6. The van der Waals surface area contributed by atoms with Gasteiger partial charge in [-0.1, -0.05) is 0 Å². The standard InChI is InChI=1S/C27H23N7O3/c1-4-36-25-12-22-21(11-23(25)32-17(3)35)27(18(13-28)14-29-22)33-19-5-6-24(16(2)9-19)37-20-7-8-34-26(10-20)30-15-31-34/h5-12,14-15H,4H2,1-3H3,(H,29,33)(H,32,35). The maximum absolute atomic E-state index is 11.8. The second kappa shape index (κ2) is 9.83. The number of nitrogens with zero attached hydrogens (tertiary/aromatic N) is 5. The highest BCUT2D eigenvalue weighted by molar-refractivity contribution is 6.01. The number of fused-ring (bicyclic) bond motifs is 2. The number of benzene rings is 2. The average Bonchev–Trinajstić information content (AvgIpc) is 3.34. The molecule has 184 valence electrons. The van der Waals surface area contributed by atoms with Crippen molar-refractivity contribution in [3.8, 4) is 23.3 Å². The molecule has 0 spiro atoms. The number of rotatable bonds is 7. The number of aromatic nitrogens is 4. The number of hydrogen-bond acceptors (Lipinski definition) is 8. The quantitative estimate of drug-likeness (QED) is 0.311. The minimum Gasteiger partial charge on any atom is -0.492 e. The third-order valence-electron chi connectivity index (χ3n) is 5.62. The van der Waals surface area contributed by atoms with Gasteiger partial charge in [-0.15, -0.1) is 0 Å². The van der Waals surface area contributed by atoms with E-state index in [2.05, 4.69) is 31.8 Å². The van der Waals surface area contributed by atoms with Gasteiger partial charge in [0, 0.05) is 42.5 Å². The number of carbonyl (C=O) groups excluding carboxylic acids is 1. The molecular formula is C27H23N7O3. The third kappa shape index (κ3) is 4.83. The fraction of sp³-hybridized carbons (Fsp3) is 0.148. The van der Waals surface area contributed by atoms with E-state index in [0.717, 1.165) is 11.3 Å². The number of carbonyl (C=O) groups is 1. The molecule has 0 radical (unpaired) electrons. The van der Waals surface area contributed by atoms with E-state index in [1.165, 1.54) is 19.4 Å². The SMILES string of the molecule is CCOc1cc2ncc(C#N)c(Nc3ccc(Oc4ccn5ncnc5c4)c(C)c3)c2cc1NC(C)=O. The Morgan fingerprint density at radius 3 is 2.76 bits per heavy atom. The smallest absolute Gasteiger partial charge is 0.221 e. The first-order valence-corrected chi connectivity index (χ1v) is 11.6. The second-order valence-electron chi connectivity index (χ2n) is 8.27. The van der Waals surface area contributed by atoms with Crippen LogP contribution in [0.15, 0.2) is 61.2 Å². The summed E-state index contributed by atoms with van der Waals surface area (Å²) < 4.78 is 13.4. The highest BCUT2D eigenvalue weighted by Crippen LogP contribution is 2.37. The van der Waals surface area contributed by atoms with Gasteiger partial charge in [0.05, 0.1) is 29.1 Å². The number of amides is 1. The number of nitrogens with one attached hydrogen (secondary N) is 2. The molecule has 37 heavy (non-hydrogen) atoms. The van der Waals surface area contributed by atoms with E-state index >= 15 is 0 Å². The van der Waals surface area contributed by atoms with Gasteiger partial charge in [-0.25, -0.2) is 9.50 Å². The van der Waals surface area contributed by atoms with E-state index in [4.69, 9.17) is 9.47 Å². The van der Waals surface area contributed by atoms with Crippen molar-refractivity contribution >= 4 is 39.5 Å². The molecule has 0 fully saturated rings. The molecule has 0 atom stereocenters. The first kappa shape index (κ1) is 23.6. The highest BCUT2D eigenvalue weighted by Gasteiger charge is 2.15. The van der Waals surface area contributed by atoms with Gasteiger partial charge in [-0.05, 0) is 49.7 Å². The predicted octanol–water partition coefficient (Wildman–Crippen LogP) is 5.35. The minimum absolute atomic E-state index is 0.228. The maximum atomic E-state index is 11.8. The largest absolute Gasteiger partial charge is 0.492 e. The second-order valence-corrected chi connectivity index (χ2v) is 8.27. The summed E-state index contributed by atoms with van der Waals surface area (Å²) in [4.78, 5) is 20.4. The Hall–Kier alpha value is -5.17. The third-order valence-corrected chi connectivity index (χ3v) is 5.62. The van der Waals surface area contributed by atoms with Crippen LogP contribution in [0.25, 0.3) is 16.6 Å². The molecule has 10 heteroatoms. The molecule has 5 aromatic rings. The van der Waals surface area contributed by atoms with Crippen molar-refractivity contribution < 1.29 is 14.3 Å². The fourth-order valence-electron chi connectivity index (χ4n) is 3.97. The van der Waals surface area contributed by atoms with Crippen molar-refractivity contribution in [1.82, 2.24) is 19.6 Å². The van der Waals surface area contributed by atoms with E-state index in [0.29, 0.717) is 57.3 Å². The first-order chi connectivity index (χ1) is 17.9. The zero-order valence-electron chi connectivity index (χ0n) is 20.4. The minimum atomic E-state index is -0.228. The molecule has 3 heterocycles. The van der Waals surface area contributed by atoms with Crippen LogP contribution in [0.2, 0.25) is 0 Å². The van der Waals surface area contributed by atoms with Gasteiger partial charge in [-0.2, -0.15) is 10.4 Å². The van der Waals surface area contributed by atoms with Gasteiger partial charge in [0.1, 0.15) is 29.6 Å². The van der Waals surface area contributed by atoms with Crippen LogP contribution in [0.1, 0.15) is 25.0 Å². The maximum Gasteiger partial charge on any atom is 0.221 e. The zero-order valence-corrected chi connectivity index (χ0v) is 20.4. The van der Waals surface area contributed by atoms with E-state index in [1.807, 2.05) is 44.2 Å². The van der Waals surface area contributed by atoms with Gasteiger partial charge in [0.25, 0.3) is 0 Å². The summed E-state index contributed by atoms with van der Waals surface area (Å²) in [6.45, 7) is 5.67. The molecule has 2 aromatic carbocycles. The molecule has 0 bridgehead atoms. The summed E-state index contributed by atoms with van der Waals surface area (Å²) >= 11 is 0. The lowest BCUT2D eigenvalue weighted by Crippen LogP contribution is -2.08. The molecular weight excluding hydrogens is 470 g/mol. The Labute approximate surface area is 212 Å². The van der Waals surface area contributed by atoms with Crippen LogP contribution < -0.4 is 20.1 Å². The number of aryl methyl sites for hydroxylation is 1. The van der Waals surface area contributed by atoms with Crippen molar-refractivity contribution in [2.45, 2.75) is 20.8 Å². The van der Waals surface area contributed by atoms with E-state index in [9.17, 15) is 10.1 Å². The van der Waals surface area contributed by atoms with Gasteiger partial charge in [-0.3, -0.25) is 9.78 Å². The van der Waals surface area contributed by atoms with Crippen molar-refractivity contribution in [2.24, 2.45) is 0 Å². The summed E-state index contributed by atoms with van der Waals surface area (Å²) in [5.41, 5.74) is 4.41. The molecule has 10 nitrogen and oxygen atoms in total. The van der Waals surface area contributed by atoms with Gasteiger partial charge < -0.3 is 20.1 Å². The average molecular weight is 494 g/mol. The molecule has 0 saturated heterocycles. The topological polar surface area (TPSA) is 126 Å². The molecule has 0 saturated carbocycles. The number of pyridine rings is 2. The summed E-state index contributed by atoms with van der Waals surface area (Å²) in [5, 5.41) is 20.7. The van der Waals surface area contributed by atoms with E-state index in [-0.39, 0.29) is 5.91 Å².